The van der Waals surface area contributed by atoms with E-state index in [1.807, 2.05) is 54.1 Å². The van der Waals surface area contributed by atoms with Crippen molar-refractivity contribution in [2.75, 3.05) is 17.3 Å². The van der Waals surface area contributed by atoms with Gasteiger partial charge in [0.25, 0.3) is 0 Å². The molecule has 0 unspecified atom stereocenters. The van der Waals surface area contributed by atoms with Crippen LogP contribution in [0.4, 0.5) is 5.69 Å². The third kappa shape index (κ3) is 4.28. The Bertz CT molecular complexity index is 906. The fraction of sp³-hybridized carbons (Fsp3) is 0.211. The highest BCUT2D eigenvalue weighted by Crippen LogP contribution is 2.26. The summed E-state index contributed by atoms with van der Waals surface area (Å²) in [4.78, 5) is 13.4. The molecule has 1 aromatic heterocycles. The van der Waals surface area contributed by atoms with E-state index in [-0.39, 0.29) is 11.7 Å². The molecule has 0 aliphatic heterocycles. The first-order valence-electron chi connectivity index (χ1n) is 8.13. The highest BCUT2D eigenvalue weighted by Gasteiger charge is 2.14. The molecule has 0 bridgehead atoms. The summed E-state index contributed by atoms with van der Waals surface area (Å²) >= 11 is 2.99. The summed E-state index contributed by atoms with van der Waals surface area (Å²) in [5, 5.41) is 12.1. The Labute approximate surface area is 161 Å². The molecule has 0 aliphatic rings. The highest BCUT2D eigenvalue weighted by atomic mass is 32.2. The number of rotatable bonds is 6. The number of hydrogen-bond donors (Lipinski definition) is 1. The van der Waals surface area contributed by atoms with Gasteiger partial charge < -0.3 is 5.32 Å². The largest absolute Gasteiger partial charge is 0.324 e. The summed E-state index contributed by atoms with van der Waals surface area (Å²) in [5.41, 5.74) is 3.02. The number of amides is 1. The number of carbonyl (C=O) groups excluding carboxylic acids is 1. The van der Waals surface area contributed by atoms with Gasteiger partial charge in [-0.2, -0.15) is 0 Å². The summed E-state index contributed by atoms with van der Waals surface area (Å²) in [6, 6.07) is 15.9. The summed E-state index contributed by atoms with van der Waals surface area (Å²) in [6.45, 7) is 3.96. The van der Waals surface area contributed by atoms with E-state index in [9.17, 15) is 4.79 Å². The summed E-state index contributed by atoms with van der Waals surface area (Å²) in [5.74, 6) is 1.00. The predicted molar refractivity (Wildman–Crippen MR) is 108 cm³/mol. The van der Waals surface area contributed by atoms with Gasteiger partial charge in [-0.15, -0.1) is 22.0 Å². The number of para-hydroxylation sites is 1. The predicted octanol–water partition coefficient (Wildman–Crippen LogP) is 4.34. The van der Waals surface area contributed by atoms with E-state index in [4.69, 9.17) is 0 Å². The van der Waals surface area contributed by atoms with Crippen LogP contribution in [0.25, 0.3) is 5.69 Å². The van der Waals surface area contributed by atoms with Crippen molar-refractivity contribution in [2.45, 2.75) is 23.9 Å². The Kier molecular flexibility index (Phi) is 6.00. The van der Waals surface area contributed by atoms with Gasteiger partial charge in [0.2, 0.25) is 5.91 Å². The van der Waals surface area contributed by atoms with Crippen molar-refractivity contribution >= 4 is 35.1 Å². The molecule has 5 nitrogen and oxygen atoms in total. The van der Waals surface area contributed by atoms with Crippen LogP contribution in [0.1, 0.15) is 11.4 Å². The third-order valence-corrected chi connectivity index (χ3v) is 5.53. The van der Waals surface area contributed by atoms with Crippen LogP contribution in [0.2, 0.25) is 0 Å². The molecule has 134 valence electrons. The molecule has 0 saturated heterocycles. The smallest absolute Gasteiger partial charge is 0.234 e. The quantitative estimate of drug-likeness (QED) is 0.641. The summed E-state index contributed by atoms with van der Waals surface area (Å²) in [6.07, 6.45) is 1.99. The molecule has 1 heterocycles. The molecule has 1 amide bonds. The monoisotopic (exact) mass is 384 g/mol. The van der Waals surface area contributed by atoms with Gasteiger partial charge >= 0.3 is 0 Å². The van der Waals surface area contributed by atoms with Gasteiger partial charge in [0.1, 0.15) is 5.82 Å². The lowest BCUT2D eigenvalue weighted by molar-refractivity contribution is -0.113. The van der Waals surface area contributed by atoms with Gasteiger partial charge in [-0.1, -0.05) is 41.6 Å². The van der Waals surface area contributed by atoms with E-state index in [1.165, 1.54) is 17.3 Å². The molecular weight excluding hydrogens is 364 g/mol. The zero-order chi connectivity index (χ0) is 18.5. The standard InChI is InChI=1S/C19H20N4OS2/c1-13-8-10-15(11-9-13)23-14(2)21-22-19(23)26-12-18(24)20-16-6-4-5-7-17(16)25-3/h4-11H,12H2,1-3H3,(H,20,24). The molecule has 7 heteroatoms. The van der Waals surface area contributed by atoms with E-state index in [0.29, 0.717) is 5.16 Å². The minimum atomic E-state index is -0.0624. The van der Waals surface area contributed by atoms with E-state index in [0.717, 1.165) is 22.1 Å². The van der Waals surface area contributed by atoms with Crippen LogP contribution in [-0.2, 0) is 4.79 Å². The van der Waals surface area contributed by atoms with Gasteiger partial charge in [-0.3, -0.25) is 9.36 Å². The Morgan fingerprint density at radius 2 is 1.81 bits per heavy atom. The fourth-order valence-electron chi connectivity index (χ4n) is 2.49. The Hall–Kier alpha value is -2.25. The van der Waals surface area contributed by atoms with E-state index < -0.39 is 0 Å². The van der Waals surface area contributed by atoms with Crippen molar-refractivity contribution in [3.8, 4) is 5.69 Å². The SMILES string of the molecule is CSc1ccccc1NC(=O)CSc1nnc(C)n1-c1ccc(C)cc1. The molecule has 3 aromatic rings. The molecule has 1 N–H and O–H groups in total. The van der Waals surface area contributed by atoms with Crippen molar-refractivity contribution in [3.63, 3.8) is 0 Å². The van der Waals surface area contributed by atoms with Crippen LogP contribution in [0.5, 0.6) is 0 Å². The van der Waals surface area contributed by atoms with Crippen LogP contribution in [0.15, 0.2) is 58.6 Å². The molecular formula is C19H20N4OS2. The molecule has 0 spiro atoms. The number of nitrogens with zero attached hydrogens (tertiary/aromatic N) is 3. The van der Waals surface area contributed by atoms with Crippen molar-refractivity contribution in [3.05, 3.63) is 59.9 Å². The highest BCUT2D eigenvalue weighted by molar-refractivity contribution is 7.99. The average molecular weight is 385 g/mol. The summed E-state index contributed by atoms with van der Waals surface area (Å²) < 4.78 is 1.97. The number of nitrogens with one attached hydrogen (secondary N) is 1. The number of aryl methyl sites for hydroxylation is 2. The van der Waals surface area contributed by atoms with Gasteiger partial charge in [0.15, 0.2) is 5.16 Å². The van der Waals surface area contributed by atoms with Crippen molar-refractivity contribution < 1.29 is 4.79 Å². The van der Waals surface area contributed by atoms with Crippen LogP contribution < -0.4 is 5.32 Å². The molecule has 0 radical (unpaired) electrons. The first-order chi connectivity index (χ1) is 12.6. The average Bonchev–Trinajstić information content (AvgIpc) is 3.02. The van der Waals surface area contributed by atoms with Crippen LogP contribution >= 0.6 is 23.5 Å². The number of hydrogen-bond acceptors (Lipinski definition) is 5. The maximum atomic E-state index is 12.4. The first kappa shape index (κ1) is 18.5. The fourth-order valence-corrected chi connectivity index (χ4v) is 3.84. The Balaban J connectivity index is 1.70. The lowest BCUT2D eigenvalue weighted by Crippen LogP contribution is -2.15. The van der Waals surface area contributed by atoms with Gasteiger partial charge in [0.05, 0.1) is 11.4 Å². The summed E-state index contributed by atoms with van der Waals surface area (Å²) in [7, 11) is 0. The zero-order valence-corrected chi connectivity index (χ0v) is 16.5. The Morgan fingerprint density at radius 1 is 1.08 bits per heavy atom. The first-order valence-corrected chi connectivity index (χ1v) is 10.3. The number of carbonyl (C=O) groups is 1. The lowest BCUT2D eigenvalue weighted by Gasteiger charge is -2.10. The molecule has 0 aliphatic carbocycles. The third-order valence-electron chi connectivity index (χ3n) is 3.80. The number of aromatic nitrogens is 3. The van der Waals surface area contributed by atoms with Gasteiger partial charge in [0, 0.05) is 10.6 Å². The van der Waals surface area contributed by atoms with Crippen molar-refractivity contribution in [1.29, 1.82) is 0 Å². The van der Waals surface area contributed by atoms with Crippen LogP contribution in [-0.4, -0.2) is 32.7 Å². The molecule has 0 atom stereocenters. The molecule has 3 rings (SSSR count). The minimum Gasteiger partial charge on any atom is -0.324 e. The second-order valence-electron chi connectivity index (χ2n) is 5.74. The van der Waals surface area contributed by atoms with Gasteiger partial charge in [-0.25, -0.2) is 0 Å². The van der Waals surface area contributed by atoms with E-state index in [1.54, 1.807) is 11.8 Å². The molecule has 26 heavy (non-hydrogen) atoms. The molecule has 2 aromatic carbocycles. The second kappa shape index (κ2) is 8.42. The maximum absolute atomic E-state index is 12.4. The number of anilines is 1. The van der Waals surface area contributed by atoms with E-state index >= 15 is 0 Å². The molecule has 0 fully saturated rings. The number of thioether (sulfide) groups is 2. The van der Waals surface area contributed by atoms with Crippen LogP contribution in [0.3, 0.4) is 0 Å². The maximum Gasteiger partial charge on any atom is 0.234 e. The van der Waals surface area contributed by atoms with Crippen molar-refractivity contribution in [2.24, 2.45) is 0 Å². The number of benzene rings is 2. The van der Waals surface area contributed by atoms with Crippen LogP contribution in [0, 0.1) is 13.8 Å². The second-order valence-corrected chi connectivity index (χ2v) is 7.53. The van der Waals surface area contributed by atoms with E-state index in [2.05, 4.69) is 34.6 Å². The minimum absolute atomic E-state index is 0.0624. The topological polar surface area (TPSA) is 59.8 Å². The van der Waals surface area contributed by atoms with Gasteiger partial charge in [-0.05, 0) is 44.4 Å². The lowest BCUT2D eigenvalue weighted by atomic mass is 10.2. The normalized spacial score (nSPS) is 10.7. The molecule has 0 saturated carbocycles. The zero-order valence-electron chi connectivity index (χ0n) is 14.9. The van der Waals surface area contributed by atoms with Crippen molar-refractivity contribution in [1.82, 2.24) is 14.8 Å². The Morgan fingerprint density at radius 3 is 2.54 bits per heavy atom.